The normalized spacial score (nSPS) is 12.8. The highest BCUT2D eigenvalue weighted by Gasteiger charge is 2.15. The highest BCUT2D eigenvalue weighted by molar-refractivity contribution is 7.05. The number of rotatable bonds is 6. The zero-order chi connectivity index (χ0) is 11.2. The number of nitrogens with one attached hydrogen (secondary N) is 1. The maximum Gasteiger partial charge on any atom is 0.105 e. The van der Waals surface area contributed by atoms with Gasteiger partial charge in [0.05, 0.1) is 23.4 Å². The van der Waals surface area contributed by atoms with Crippen molar-refractivity contribution in [2.75, 3.05) is 6.54 Å². The van der Waals surface area contributed by atoms with Crippen LogP contribution in [0.3, 0.4) is 0 Å². The van der Waals surface area contributed by atoms with Crippen LogP contribution in [-0.4, -0.2) is 16.1 Å². The molecule has 0 aliphatic heterocycles. The number of hydrogen-bond acceptors (Lipinski definition) is 5. The van der Waals surface area contributed by atoms with E-state index in [4.69, 9.17) is 4.42 Å². The number of furan rings is 1. The molecule has 1 N–H and O–H groups in total. The average molecular weight is 237 g/mol. The molecule has 2 aromatic heterocycles. The molecule has 2 rings (SSSR count). The third-order valence-electron chi connectivity index (χ3n) is 2.35. The zero-order valence-corrected chi connectivity index (χ0v) is 10.0. The van der Waals surface area contributed by atoms with Crippen LogP contribution in [0.4, 0.5) is 0 Å². The lowest BCUT2D eigenvalue weighted by molar-refractivity contribution is 0.452. The Labute approximate surface area is 98.8 Å². The van der Waals surface area contributed by atoms with Crippen LogP contribution in [0.2, 0.25) is 0 Å². The van der Waals surface area contributed by atoms with Gasteiger partial charge in [-0.1, -0.05) is 11.4 Å². The van der Waals surface area contributed by atoms with Gasteiger partial charge in [0.1, 0.15) is 5.76 Å². The molecular weight excluding hydrogens is 222 g/mol. The van der Waals surface area contributed by atoms with Crippen molar-refractivity contribution in [3.63, 3.8) is 0 Å². The topological polar surface area (TPSA) is 51.0 Å². The second kappa shape index (κ2) is 5.77. The van der Waals surface area contributed by atoms with Gasteiger partial charge in [-0.2, -0.15) is 0 Å². The predicted octanol–water partition coefficient (Wildman–Crippen LogP) is 2.41. The Kier molecular flexibility index (Phi) is 4.07. The Hall–Kier alpha value is -1.20. The van der Waals surface area contributed by atoms with Crippen molar-refractivity contribution in [3.05, 3.63) is 35.2 Å². The molecule has 2 aromatic rings. The van der Waals surface area contributed by atoms with E-state index in [0.717, 1.165) is 30.0 Å². The fraction of sp³-hybridized carbons (Fsp3) is 0.455. The van der Waals surface area contributed by atoms with E-state index in [1.165, 1.54) is 11.5 Å². The number of hydrogen-bond donors (Lipinski definition) is 1. The molecular formula is C11H15N3OS. The van der Waals surface area contributed by atoms with Gasteiger partial charge in [-0.3, -0.25) is 0 Å². The average Bonchev–Trinajstić information content (AvgIpc) is 2.96. The molecule has 0 bridgehead atoms. The summed E-state index contributed by atoms with van der Waals surface area (Å²) in [4.78, 5) is 1.16. The van der Waals surface area contributed by atoms with Gasteiger partial charge in [-0.05, 0) is 36.6 Å². The molecule has 0 radical (unpaired) electrons. The van der Waals surface area contributed by atoms with Crippen molar-refractivity contribution in [1.29, 1.82) is 0 Å². The SMILES string of the molecule is CCCNC(Cc1ccco1)c1cnns1. The first kappa shape index (κ1) is 11.3. The minimum atomic E-state index is 0.256. The highest BCUT2D eigenvalue weighted by atomic mass is 32.1. The first-order valence-electron chi connectivity index (χ1n) is 5.43. The monoisotopic (exact) mass is 237 g/mol. The maximum absolute atomic E-state index is 5.37. The Bertz CT molecular complexity index is 385. The molecule has 0 aromatic carbocycles. The smallest absolute Gasteiger partial charge is 0.105 e. The molecule has 1 unspecified atom stereocenters. The molecule has 0 amide bonds. The van der Waals surface area contributed by atoms with E-state index in [1.54, 1.807) is 6.26 Å². The molecule has 5 heteroatoms. The van der Waals surface area contributed by atoms with E-state index in [-0.39, 0.29) is 6.04 Å². The molecule has 0 aliphatic carbocycles. The van der Waals surface area contributed by atoms with Crippen LogP contribution in [0, 0.1) is 0 Å². The Morgan fingerprint density at radius 1 is 1.56 bits per heavy atom. The third kappa shape index (κ3) is 2.90. The Morgan fingerprint density at radius 3 is 3.12 bits per heavy atom. The van der Waals surface area contributed by atoms with Gasteiger partial charge in [0.15, 0.2) is 0 Å². The second-order valence-corrected chi connectivity index (χ2v) is 4.43. The lowest BCUT2D eigenvalue weighted by atomic mass is 10.1. The number of aromatic nitrogens is 2. The molecule has 1 atom stereocenters. The summed E-state index contributed by atoms with van der Waals surface area (Å²) in [6, 6.07) is 4.16. The first-order chi connectivity index (χ1) is 7.90. The fourth-order valence-corrected chi connectivity index (χ4v) is 2.13. The molecule has 0 saturated heterocycles. The fourth-order valence-electron chi connectivity index (χ4n) is 1.55. The van der Waals surface area contributed by atoms with Gasteiger partial charge in [0, 0.05) is 6.42 Å². The lowest BCUT2D eigenvalue weighted by Gasteiger charge is -2.14. The molecule has 0 fully saturated rings. The summed E-state index contributed by atoms with van der Waals surface area (Å²) in [6.07, 6.45) is 5.48. The summed E-state index contributed by atoms with van der Waals surface area (Å²) in [7, 11) is 0. The van der Waals surface area contributed by atoms with Crippen molar-refractivity contribution >= 4 is 11.5 Å². The summed E-state index contributed by atoms with van der Waals surface area (Å²) in [5, 5.41) is 7.36. The van der Waals surface area contributed by atoms with Crippen molar-refractivity contribution in [3.8, 4) is 0 Å². The Morgan fingerprint density at radius 2 is 2.50 bits per heavy atom. The quantitative estimate of drug-likeness (QED) is 0.838. The van der Waals surface area contributed by atoms with Crippen molar-refractivity contribution in [1.82, 2.24) is 14.9 Å². The number of nitrogens with zero attached hydrogens (tertiary/aromatic N) is 2. The summed E-state index contributed by atoms with van der Waals surface area (Å²) >= 11 is 1.44. The van der Waals surface area contributed by atoms with Crippen LogP contribution in [0.15, 0.2) is 29.0 Å². The van der Waals surface area contributed by atoms with Gasteiger partial charge >= 0.3 is 0 Å². The predicted molar refractivity (Wildman–Crippen MR) is 63.4 cm³/mol. The first-order valence-corrected chi connectivity index (χ1v) is 6.20. The van der Waals surface area contributed by atoms with E-state index in [2.05, 4.69) is 21.8 Å². The van der Waals surface area contributed by atoms with Gasteiger partial charge in [-0.15, -0.1) is 5.10 Å². The molecule has 16 heavy (non-hydrogen) atoms. The molecule has 4 nitrogen and oxygen atoms in total. The van der Waals surface area contributed by atoms with Crippen LogP contribution >= 0.6 is 11.5 Å². The molecule has 0 spiro atoms. The molecule has 86 valence electrons. The minimum absolute atomic E-state index is 0.256. The van der Waals surface area contributed by atoms with E-state index < -0.39 is 0 Å². The van der Waals surface area contributed by atoms with Gasteiger partial charge in [0.2, 0.25) is 0 Å². The third-order valence-corrected chi connectivity index (χ3v) is 3.12. The summed E-state index contributed by atoms with van der Waals surface area (Å²) in [6.45, 7) is 3.14. The maximum atomic E-state index is 5.37. The van der Waals surface area contributed by atoms with Crippen LogP contribution < -0.4 is 5.32 Å². The van der Waals surface area contributed by atoms with Crippen LogP contribution in [0.25, 0.3) is 0 Å². The summed E-state index contributed by atoms with van der Waals surface area (Å²) in [5.74, 6) is 0.988. The van der Waals surface area contributed by atoms with Crippen molar-refractivity contribution < 1.29 is 4.42 Å². The molecule has 0 aliphatic rings. The Balaban J connectivity index is 2.03. The molecule has 2 heterocycles. The van der Waals surface area contributed by atoms with Crippen LogP contribution in [0.1, 0.15) is 30.0 Å². The second-order valence-electron chi connectivity index (χ2n) is 3.61. The highest BCUT2D eigenvalue weighted by Crippen LogP contribution is 2.20. The van der Waals surface area contributed by atoms with Crippen LogP contribution in [-0.2, 0) is 6.42 Å². The van der Waals surface area contributed by atoms with E-state index in [1.807, 2.05) is 18.3 Å². The van der Waals surface area contributed by atoms with Crippen molar-refractivity contribution in [2.24, 2.45) is 0 Å². The molecule has 0 saturated carbocycles. The van der Waals surface area contributed by atoms with Gasteiger partial charge < -0.3 is 9.73 Å². The minimum Gasteiger partial charge on any atom is -0.469 e. The van der Waals surface area contributed by atoms with E-state index in [9.17, 15) is 0 Å². The summed E-state index contributed by atoms with van der Waals surface area (Å²) < 4.78 is 9.27. The van der Waals surface area contributed by atoms with Crippen molar-refractivity contribution in [2.45, 2.75) is 25.8 Å². The van der Waals surface area contributed by atoms with E-state index in [0.29, 0.717) is 0 Å². The largest absolute Gasteiger partial charge is 0.469 e. The lowest BCUT2D eigenvalue weighted by Crippen LogP contribution is -2.23. The van der Waals surface area contributed by atoms with Gasteiger partial charge in [0.25, 0.3) is 0 Å². The van der Waals surface area contributed by atoms with Crippen LogP contribution in [0.5, 0.6) is 0 Å². The van der Waals surface area contributed by atoms with E-state index >= 15 is 0 Å². The van der Waals surface area contributed by atoms with Gasteiger partial charge in [-0.25, -0.2) is 0 Å². The zero-order valence-electron chi connectivity index (χ0n) is 9.22. The standard InChI is InChI=1S/C11H15N3OS/c1-2-5-12-10(11-8-13-14-16-11)7-9-4-3-6-15-9/h3-4,6,8,10,12H,2,5,7H2,1H3. The summed E-state index contributed by atoms with van der Waals surface area (Å²) in [5.41, 5.74) is 0.